The fourth-order valence-corrected chi connectivity index (χ4v) is 4.18. The summed E-state index contributed by atoms with van der Waals surface area (Å²) in [5, 5.41) is 6.59. The third kappa shape index (κ3) is 6.98. The van der Waals surface area contributed by atoms with Crippen LogP contribution < -0.4 is 15.4 Å². The van der Waals surface area contributed by atoms with Gasteiger partial charge >= 0.3 is 0 Å². The quantitative estimate of drug-likeness (QED) is 0.571. The monoisotopic (exact) mass is 499 g/mol. The average Bonchev–Trinajstić information content (AvgIpc) is 2.87. The summed E-state index contributed by atoms with van der Waals surface area (Å²) in [5.41, 5.74) is 1.04. The van der Waals surface area contributed by atoms with E-state index in [-0.39, 0.29) is 35.6 Å². The SMILES string of the molecule is COc1ccc(C(=O)N[C@H](C(=O)N[C@H](C)C(C)C)C2CCN(C(=O)c3ccc(Cl)cc3)CC2)cc1. The topological polar surface area (TPSA) is 87.7 Å². The van der Waals surface area contributed by atoms with Crippen molar-refractivity contribution in [1.29, 1.82) is 0 Å². The highest BCUT2D eigenvalue weighted by Crippen LogP contribution is 2.24. The summed E-state index contributed by atoms with van der Waals surface area (Å²) in [6.07, 6.45) is 1.22. The molecule has 2 aromatic rings. The molecule has 0 aliphatic carbocycles. The summed E-state index contributed by atoms with van der Waals surface area (Å²) >= 11 is 5.94. The lowest BCUT2D eigenvalue weighted by molar-refractivity contribution is -0.125. The van der Waals surface area contributed by atoms with Gasteiger partial charge in [-0.15, -0.1) is 0 Å². The fraction of sp³-hybridized carbons (Fsp3) is 0.444. The largest absolute Gasteiger partial charge is 0.497 e. The summed E-state index contributed by atoms with van der Waals surface area (Å²) in [7, 11) is 1.56. The normalized spacial score (nSPS) is 15.9. The molecule has 35 heavy (non-hydrogen) atoms. The van der Waals surface area contributed by atoms with Crippen LogP contribution in [0, 0.1) is 11.8 Å². The van der Waals surface area contributed by atoms with Crippen LogP contribution in [0.4, 0.5) is 0 Å². The Kier molecular flexibility index (Phi) is 9.15. The number of amides is 3. The van der Waals surface area contributed by atoms with E-state index >= 15 is 0 Å². The summed E-state index contributed by atoms with van der Waals surface area (Å²) < 4.78 is 5.16. The van der Waals surface area contributed by atoms with Crippen LogP contribution in [0.15, 0.2) is 48.5 Å². The highest BCUT2D eigenvalue weighted by Gasteiger charge is 2.35. The number of ether oxygens (including phenoxy) is 1. The molecule has 0 spiro atoms. The Balaban J connectivity index is 1.71. The highest BCUT2D eigenvalue weighted by atomic mass is 35.5. The number of carbonyl (C=O) groups is 3. The molecule has 3 amide bonds. The van der Waals surface area contributed by atoms with E-state index in [1.165, 1.54) is 0 Å². The van der Waals surface area contributed by atoms with Crippen LogP contribution in [0.2, 0.25) is 5.02 Å². The van der Waals surface area contributed by atoms with Crippen molar-refractivity contribution < 1.29 is 19.1 Å². The van der Waals surface area contributed by atoms with Gasteiger partial charge in [-0.25, -0.2) is 0 Å². The molecule has 0 saturated carbocycles. The summed E-state index contributed by atoms with van der Waals surface area (Å²) in [4.78, 5) is 40.9. The lowest BCUT2D eigenvalue weighted by Crippen LogP contribution is -2.55. The predicted molar refractivity (Wildman–Crippen MR) is 137 cm³/mol. The zero-order valence-corrected chi connectivity index (χ0v) is 21.5. The fourth-order valence-electron chi connectivity index (χ4n) is 4.06. The van der Waals surface area contributed by atoms with Gasteiger partial charge in [-0.05, 0) is 80.1 Å². The Morgan fingerprint density at radius 2 is 1.49 bits per heavy atom. The zero-order chi connectivity index (χ0) is 25.5. The number of halogens is 1. The van der Waals surface area contributed by atoms with E-state index in [2.05, 4.69) is 10.6 Å². The molecule has 1 aliphatic rings. The first kappa shape index (κ1) is 26.5. The van der Waals surface area contributed by atoms with Gasteiger partial charge in [0.25, 0.3) is 11.8 Å². The molecule has 8 heteroatoms. The number of nitrogens with zero attached hydrogens (tertiary/aromatic N) is 1. The molecule has 188 valence electrons. The Bertz CT molecular complexity index is 1020. The summed E-state index contributed by atoms with van der Waals surface area (Å²) in [6, 6.07) is 12.9. The van der Waals surface area contributed by atoms with Gasteiger partial charge in [-0.3, -0.25) is 14.4 Å². The molecule has 7 nitrogen and oxygen atoms in total. The van der Waals surface area contributed by atoms with E-state index in [9.17, 15) is 14.4 Å². The van der Waals surface area contributed by atoms with E-state index in [1.54, 1.807) is 60.5 Å². The molecule has 0 radical (unpaired) electrons. The second-order valence-corrected chi connectivity index (χ2v) is 9.79. The van der Waals surface area contributed by atoms with E-state index in [1.807, 2.05) is 20.8 Å². The lowest BCUT2D eigenvalue weighted by Gasteiger charge is -2.36. The van der Waals surface area contributed by atoms with Crippen LogP contribution in [-0.4, -0.2) is 54.9 Å². The molecule has 2 N–H and O–H groups in total. The van der Waals surface area contributed by atoms with Crippen LogP contribution in [0.5, 0.6) is 5.75 Å². The van der Waals surface area contributed by atoms with Crippen molar-refractivity contribution in [3.63, 3.8) is 0 Å². The molecule has 3 rings (SSSR count). The molecular weight excluding hydrogens is 466 g/mol. The third-order valence-electron chi connectivity index (χ3n) is 6.68. The molecular formula is C27H34ClN3O4. The van der Waals surface area contributed by atoms with Gasteiger partial charge in [-0.1, -0.05) is 25.4 Å². The highest BCUT2D eigenvalue weighted by molar-refractivity contribution is 6.30. The third-order valence-corrected chi connectivity index (χ3v) is 6.93. The van der Waals surface area contributed by atoms with E-state index in [4.69, 9.17) is 16.3 Å². The number of piperidine rings is 1. The van der Waals surface area contributed by atoms with Crippen LogP contribution in [0.3, 0.4) is 0 Å². The van der Waals surface area contributed by atoms with Gasteiger partial charge in [0.1, 0.15) is 11.8 Å². The number of methoxy groups -OCH3 is 1. The molecule has 0 aromatic heterocycles. The molecule has 0 unspecified atom stereocenters. The molecule has 1 fully saturated rings. The number of rotatable bonds is 8. The molecule has 1 heterocycles. The Labute approximate surface area is 212 Å². The minimum atomic E-state index is -0.696. The molecule has 1 saturated heterocycles. The van der Waals surface area contributed by atoms with Crippen molar-refractivity contribution in [2.45, 2.75) is 45.7 Å². The maximum absolute atomic E-state index is 13.3. The van der Waals surface area contributed by atoms with Gasteiger partial charge in [-0.2, -0.15) is 0 Å². The number of hydrogen-bond acceptors (Lipinski definition) is 4. The van der Waals surface area contributed by atoms with Gasteiger partial charge in [0, 0.05) is 35.3 Å². The number of hydrogen-bond donors (Lipinski definition) is 2. The van der Waals surface area contributed by atoms with Gasteiger partial charge < -0.3 is 20.3 Å². The number of likely N-dealkylation sites (tertiary alicyclic amines) is 1. The summed E-state index contributed by atoms with van der Waals surface area (Å²) in [6.45, 7) is 7.05. The van der Waals surface area contributed by atoms with Crippen LogP contribution >= 0.6 is 11.6 Å². The van der Waals surface area contributed by atoms with Gasteiger partial charge in [0.15, 0.2) is 0 Å². The number of benzene rings is 2. The van der Waals surface area contributed by atoms with Crippen LogP contribution in [-0.2, 0) is 4.79 Å². The first-order valence-electron chi connectivity index (χ1n) is 12.0. The van der Waals surface area contributed by atoms with Gasteiger partial charge in [0.05, 0.1) is 7.11 Å². The van der Waals surface area contributed by atoms with Crippen molar-refractivity contribution in [3.8, 4) is 5.75 Å². The number of nitrogens with one attached hydrogen (secondary N) is 2. The Hall–Kier alpha value is -3.06. The van der Waals surface area contributed by atoms with Crippen molar-refractivity contribution in [3.05, 3.63) is 64.7 Å². The average molecular weight is 500 g/mol. The summed E-state index contributed by atoms with van der Waals surface area (Å²) in [5.74, 6) is 0.248. The Morgan fingerprint density at radius 1 is 0.914 bits per heavy atom. The van der Waals surface area contributed by atoms with Crippen molar-refractivity contribution in [2.24, 2.45) is 11.8 Å². The molecule has 2 atom stereocenters. The molecule has 1 aliphatic heterocycles. The van der Waals surface area contributed by atoms with E-state index < -0.39 is 6.04 Å². The maximum Gasteiger partial charge on any atom is 0.253 e. The lowest BCUT2D eigenvalue weighted by atomic mass is 9.87. The van der Waals surface area contributed by atoms with E-state index in [0.717, 1.165) is 0 Å². The second-order valence-electron chi connectivity index (χ2n) is 9.36. The smallest absolute Gasteiger partial charge is 0.253 e. The minimum Gasteiger partial charge on any atom is -0.497 e. The number of carbonyl (C=O) groups excluding carboxylic acids is 3. The van der Waals surface area contributed by atoms with Crippen LogP contribution in [0.1, 0.15) is 54.3 Å². The minimum absolute atomic E-state index is 0.0329. The zero-order valence-electron chi connectivity index (χ0n) is 20.7. The Morgan fingerprint density at radius 3 is 2.03 bits per heavy atom. The first-order chi connectivity index (χ1) is 16.7. The van der Waals surface area contributed by atoms with E-state index in [0.29, 0.717) is 47.8 Å². The van der Waals surface area contributed by atoms with Crippen molar-refractivity contribution >= 4 is 29.3 Å². The van der Waals surface area contributed by atoms with Crippen molar-refractivity contribution in [1.82, 2.24) is 15.5 Å². The van der Waals surface area contributed by atoms with Gasteiger partial charge in [0.2, 0.25) is 5.91 Å². The molecule has 2 aromatic carbocycles. The van der Waals surface area contributed by atoms with Crippen molar-refractivity contribution in [2.75, 3.05) is 20.2 Å². The predicted octanol–water partition coefficient (Wildman–Crippen LogP) is 4.16. The first-order valence-corrected chi connectivity index (χ1v) is 12.4. The second kappa shape index (κ2) is 12.1. The maximum atomic E-state index is 13.3. The van der Waals surface area contributed by atoms with Crippen LogP contribution in [0.25, 0.3) is 0 Å². The standard InChI is InChI=1S/C27H34ClN3O4/c1-17(2)18(3)29-26(33)24(30-25(32)20-7-11-23(35-4)12-8-20)19-13-15-31(16-14-19)27(34)21-5-9-22(28)10-6-21/h5-12,17-19,24H,13-16H2,1-4H3,(H,29,33)(H,30,32)/t18-,24+/m1/s1. The molecule has 0 bridgehead atoms.